The predicted octanol–water partition coefficient (Wildman–Crippen LogP) is 7.05. The van der Waals surface area contributed by atoms with Crippen LogP contribution in [0.4, 0.5) is 25.1 Å². The summed E-state index contributed by atoms with van der Waals surface area (Å²) in [6.45, 7) is 6.02. The molecule has 6 fully saturated rings. The third kappa shape index (κ3) is 10.1. The van der Waals surface area contributed by atoms with Crippen LogP contribution in [0.15, 0.2) is 42.5 Å². The molecule has 4 amide bonds. The standard InChI is InChI=1S/C61H67F2N9O10/c1-3-44-47(62)10-6-36-29-43(81-35-77-2)30-46(51(36)44)54-53(63)55-52-48(64-54)11-8-39-32-78-27-5-21-70(39)56(52)67-59(66-55)80-34-61-19-4-22-72(61)40(14-20-61)33-79-60(76)69-25-17-42(18-26-69)82-41-15-23-68(24-16-41)38-7-9-45-37(28-38)31-71(58(45)75)49-12-13-50(73)65-57(49)74/h1,6-7,9-10,28-30,39-42,49H,4-5,8,11-27,31-35H2,2H3,(H,65,73,74)/t39-,40-,49?,61-/m0/s1. The smallest absolute Gasteiger partial charge is 0.409 e. The number of benzene rings is 3. The van der Waals surface area contributed by atoms with E-state index in [4.69, 9.17) is 49.8 Å². The first-order valence-corrected chi connectivity index (χ1v) is 29.0. The normalized spacial score (nSPS) is 24.3. The molecule has 4 atom stereocenters. The van der Waals surface area contributed by atoms with Gasteiger partial charge >= 0.3 is 12.1 Å². The highest BCUT2D eigenvalue weighted by molar-refractivity contribution is 6.06. The first-order valence-electron chi connectivity index (χ1n) is 29.0. The molecule has 0 spiro atoms. The number of imide groups is 1. The van der Waals surface area contributed by atoms with Gasteiger partial charge in [0.25, 0.3) is 5.91 Å². The number of carbonyl (C=O) groups excluding carboxylic acids is 4. The first kappa shape index (κ1) is 54.0. The van der Waals surface area contributed by atoms with E-state index in [9.17, 15) is 19.2 Å². The number of fused-ring (bicyclic) bond motifs is 5. The fourth-order valence-electron chi connectivity index (χ4n) is 14.1. The van der Waals surface area contributed by atoms with Crippen molar-refractivity contribution in [2.75, 3.05) is 89.4 Å². The van der Waals surface area contributed by atoms with E-state index in [-0.39, 0.29) is 103 Å². The van der Waals surface area contributed by atoms with E-state index < -0.39 is 23.6 Å². The number of amides is 4. The zero-order valence-electron chi connectivity index (χ0n) is 46.1. The van der Waals surface area contributed by atoms with Crippen LogP contribution in [-0.2, 0) is 41.5 Å². The highest BCUT2D eigenvalue weighted by Crippen LogP contribution is 2.45. The van der Waals surface area contributed by atoms with Gasteiger partial charge in [0, 0.05) is 87.6 Å². The van der Waals surface area contributed by atoms with Crippen molar-refractivity contribution in [3.63, 3.8) is 0 Å². The number of halogens is 2. The number of nitrogens with zero attached hydrogens (tertiary/aromatic N) is 8. The van der Waals surface area contributed by atoms with Crippen molar-refractivity contribution in [2.45, 2.75) is 126 Å². The number of likely N-dealkylation sites (tertiary alicyclic amines) is 1. The third-order valence-electron chi connectivity index (χ3n) is 18.3. The molecular formula is C61H67F2N9O10. The van der Waals surface area contributed by atoms with E-state index in [1.165, 1.54) is 13.2 Å². The second-order valence-corrected chi connectivity index (χ2v) is 23.1. The van der Waals surface area contributed by atoms with Crippen molar-refractivity contribution in [3.05, 3.63) is 76.5 Å². The molecule has 1 unspecified atom stereocenters. The molecule has 3 aromatic carbocycles. The van der Waals surface area contributed by atoms with Gasteiger partial charge in [0.1, 0.15) is 47.9 Å². The Hall–Kier alpha value is -7.25. The summed E-state index contributed by atoms with van der Waals surface area (Å²) in [5, 5.41) is 3.75. The van der Waals surface area contributed by atoms with Crippen molar-refractivity contribution in [2.24, 2.45) is 0 Å². The van der Waals surface area contributed by atoms with Crippen LogP contribution in [0.5, 0.6) is 11.8 Å². The van der Waals surface area contributed by atoms with Crippen molar-refractivity contribution in [1.82, 2.24) is 35.0 Å². The number of methoxy groups -OCH3 is 1. The molecule has 6 saturated heterocycles. The Bertz CT molecular complexity index is 3400. The first-order chi connectivity index (χ1) is 39.9. The number of ether oxygens (including phenoxy) is 6. The highest BCUT2D eigenvalue weighted by Gasteiger charge is 2.51. The minimum atomic E-state index is -0.718. The molecule has 13 rings (SSSR count). The molecule has 0 bridgehead atoms. The molecule has 8 aliphatic rings. The molecule has 2 aromatic heterocycles. The number of terminal acetylenes is 1. The lowest BCUT2D eigenvalue weighted by molar-refractivity contribution is -0.136. The molecule has 430 valence electrons. The van der Waals surface area contributed by atoms with Crippen LogP contribution in [0.1, 0.15) is 104 Å². The maximum absolute atomic E-state index is 17.8. The Morgan fingerprint density at radius 2 is 1.68 bits per heavy atom. The molecule has 10 heterocycles. The number of hydrogen-bond acceptors (Lipinski definition) is 16. The average Bonchev–Trinajstić information content (AvgIpc) is 4.21. The van der Waals surface area contributed by atoms with Gasteiger partial charge in [-0.2, -0.15) is 9.97 Å². The molecule has 82 heavy (non-hydrogen) atoms. The second-order valence-electron chi connectivity index (χ2n) is 23.1. The summed E-state index contributed by atoms with van der Waals surface area (Å²) in [7, 11) is 1.50. The van der Waals surface area contributed by atoms with E-state index in [2.05, 4.69) is 32.0 Å². The van der Waals surface area contributed by atoms with Crippen LogP contribution in [0.25, 0.3) is 32.9 Å². The number of aryl methyl sites for hydroxylation is 1. The van der Waals surface area contributed by atoms with Gasteiger partial charge in [-0.1, -0.05) is 12.0 Å². The van der Waals surface area contributed by atoms with Crippen LogP contribution in [0, 0.1) is 24.0 Å². The van der Waals surface area contributed by atoms with E-state index in [1.807, 2.05) is 12.1 Å². The Kier molecular flexibility index (Phi) is 14.8. The Morgan fingerprint density at radius 3 is 2.49 bits per heavy atom. The largest absolute Gasteiger partial charge is 0.468 e. The number of pyridine rings is 1. The minimum absolute atomic E-state index is 0.00140. The van der Waals surface area contributed by atoms with E-state index in [0.717, 1.165) is 88.7 Å². The summed E-state index contributed by atoms with van der Waals surface area (Å²) in [6, 6.07) is 11.4. The van der Waals surface area contributed by atoms with E-state index >= 15 is 8.78 Å². The molecular weight excluding hydrogens is 1060 g/mol. The van der Waals surface area contributed by atoms with E-state index in [1.54, 1.807) is 28.0 Å². The summed E-state index contributed by atoms with van der Waals surface area (Å²) in [6.07, 6.45) is 14.8. The summed E-state index contributed by atoms with van der Waals surface area (Å²) in [4.78, 5) is 76.4. The molecule has 1 N–H and O–H groups in total. The average molecular weight is 1120 g/mol. The number of piperidine rings is 3. The fraction of sp³-hybridized carbons (Fsp3) is 0.525. The number of rotatable bonds is 13. The molecule has 0 saturated carbocycles. The van der Waals surface area contributed by atoms with Crippen LogP contribution >= 0.6 is 0 Å². The summed E-state index contributed by atoms with van der Waals surface area (Å²) in [5.74, 6) is 1.17. The van der Waals surface area contributed by atoms with Crippen LogP contribution < -0.4 is 24.6 Å². The Balaban J connectivity index is 0.642. The van der Waals surface area contributed by atoms with Gasteiger partial charge in [-0.05, 0) is 131 Å². The van der Waals surface area contributed by atoms with Gasteiger partial charge in [0.2, 0.25) is 11.8 Å². The van der Waals surface area contributed by atoms with Gasteiger partial charge in [-0.15, -0.1) is 6.42 Å². The number of nitrogens with one attached hydrogen (secondary N) is 1. The van der Waals surface area contributed by atoms with Crippen molar-refractivity contribution < 1.29 is 56.4 Å². The van der Waals surface area contributed by atoms with Gasteiger partial charge in [0.05, 0.1) is 47.0 Å². The zero-order valence-corrected chi connectivity index (χ0v) is 46.1. The molecule has 21 heteroatoms. The lowest BCUT2D eigenvalue weighted by Gasteiger charge is -2.38. The fourth-order valence-corrected chi connectivity index (χ4v) is 14.1. The molecule has 0 aliphatic carbocycles. The summed E-state index contributed by atoms with van der Waals surface area (Å²) < 4.78 is 69.7. The van der Waals surface area contributed by atoms with Crippen LogP contribution in [0.2, 0.25) is 0 Å². The molecule has 19 nitrogen and oxygen atoms in total. The van der Waals surface area contributed by atoms with Gasteiger partial charge < -0.3 is 48.0 Å². The number of anilines is 2. The van der Waals surface area contributed by atoms with Crippen molar-refractivity contribution in [1.29, 1.82) is 0 Å². The van der Waals surface area contributed by atoms with Gasteiger partial charge in [0.15, 0.2) is 12.6 Å². The lowest BCUT2D eigenvalue weighted by Crippen LogP contribution is -2.52. The molecule has 0 radical (unpaired) electrons. The Morgan fingerprint density at radius 1 is 0.854 bits per heavy atom. The van der Waals surface area contributed by atoms with E-state index in [0.29, 0.717) is 97.6 Å². The number of hydrogen-bond donors (Lipinski definition) is 1. The lowest BCUT2D eigenvalue weighted by atomic mass is 9.95. The SMILES string of the molecule is C#Cc1c(F)ccc2cc(OCOC)cc(-c3nc4c5c(nc(OC[C@@]67CCCN6[C@H](COC(=O)N6CCC(OC8CCN(c9ccc%10c(c9)CN(C9CCC(=O)NC9=O)C%10=O)CC8)CC6)CC7)nc5c3F)N3CCCOC[C@@H]3CC4)c12. The maximum Gasteiger partial charge on any atom is 0.409 e. The Labute approximate surface area is 473 Å². The van der Waals surface area contributed by atoms with Crippen molar-refractivity contribution in [3.8, 4) is 35.4 Å². The highest BCUT2D eigenvalue weighted by atomic mass is 19.1. The third-order valence-corrected chi connectivity index (χ3v) is 18.3. The zero-order chi connectivity index (χ0) is 56.2. The summed E-state index contributed by atoms with van der Waals surface area (Å²) in [5.41, 5.74) is 3.03. The quantitative estimate of drug-likeness (QED) is 0.0716. The molecule has 8 aliphatic heterocycles. The van der Waals surface area contributed by atoms with Gasteiger partial charge in [-0.25, -0.2) is 18.6 Å². The monoisotopic (exact) mass is 1120 g/mol. The van der Waals surface area contributed by atoms with Gasteiger partial charge in [-0.3, -0.25) is 24.6 Å². The second kappa shape index (κ2) is 22.5. The predicted molar refractivity (Wildman–Crippen MR) is 297 cm³/mol. The number of aromatic nitrogens is 3. The topological polar surface area (TPSA) is 191 Å². The van der Waals surface area contributed by atoms with Crippen molar-refractivity contribution >= 4 is 57.0 Å². The van der Waals surface area contributed by atoms with Crippen LogP contribution in [-0.4, -0.2) is 169 Å². The molecule has 5 aromatic rings. The summed E-state index contributed by atoms with van der Waals surface area (Å²) >= 11 is 0. The minimum Gasteiger partial charge on any atom is -0.468 e. The van der Waals surface area contributed by atoms with Crippen LogP contribution in [0.3, 0.4) is 0 Å². The number of carbonyl (C=O) groups is 4. The maximum atomic E-state index is 17.8.